The van der Waals surface area contributed by atoms with E-state index in [0.29, 0.717) is 5.69 Å². The maximum atomic E-state index is 12.4. The normalized spacial score (nSPS) is 10.5. The first kappa shape index (κ1) is 19.0. The highest BCUT2D eigenvalue weighted by Crippen LogP contribution is 2.29. The second-order valence-electron chi connectivity index (χ2n) is 5.72. The molecule has 0 unspecified atom stereocenters. The molecule has 11 heteroatoms. The number of aromatic nitrogens is 2. The van der Waals surface area contributed by atoms with E-state index in [1.54, 1.807) is 17.8 Å². The second kappa shape index (κ2) is 7.88. The molecule has 3 rings (SSSR count). The van der Waals surface area contributed by atoms with Crippen LogP contribution in [0.1, 0.15) is 21.6 Å². The van der Waals surface area contributed by atoms with Crippen LogP contribution in [0.5, 0.6) is 0 Å². The zero-order valence-electron chi connectivity index (χ0n) is 14.5. The third kappa shape index (κ3) is 3.99. The van der Waals surface area contributed by atoms with E-state index in [9.17, 15) is 25.0 Å². The van der Waals surface area contributed by atoms with Crippen LogP contribution in [0.15, 0.2) is 42.0 Å². The second-order valence-corrected chi connectivity index (χ2v) is 6.57. The summed E-state index contributed by atoms with van der Waals surface area (Å²) in [5, 5.41) is 27.4. The van der Waals surface area contributed by atoms with Crippen molar-refractivity contribution in [3.8, 4) is 10.6 Å². The van der Waals surface area contributed by atoms with Gasteiger partial charge in [-0.25, -0.2) is 4.98 Å². The molecule has 0 saturated heterocycles. The van der Waals surface area contributed by atoms with Crippen molar-refractivity contribution in [1.29, 1.82) is 0 Å². The number of hydrogen-bond acceptors (Lipinski definition) is 8. The van der Waals surface area contributed by atoms with Crippen LogP contribution in [0.2, 0.25) is 0 Å². The molecule has 0 aliphatic carbocycles. The monoisotopic (exact) mass is 399 g/mol. The number of nitrogens with zero attached hydrogens (tertiary/aromatic N) is 4. The van der Waals surface area contributed by atoms with E-state index < -0.39 is 27.1 Å². The van der Waals surface area contributed by atoms with Crippen LogP contribution in [-0.2, 0) is 6.54 Å². The Bertz CT molecular complexity index is 1030. The van der Waals surface area contributed by atoms with Crippen molar-refractivity contribution < 1.29 is 14.6 Å². The van der Waals surface area contributed by atoms with Crippen molar-refractivity contribution >= 4 is 28.6 Å². The van der Waals surface area contributed by atoms with E-state index in [0.717, 1.165) is 22.7 Å². The minimum Gasteiger partial charge on any atom is -0.346 e. The summed E-state index contributed by atoms with van der Waals surface area (Å²) in [6.07, 6.45) is 3.30. The molecule has 3 aromatic rings. The van der Waals surface area contributed by atoms with Gasteiger partial charge in [0.1, 0.15) is 10.6 Å². The minimum atomic E-state index is -0.749. The predicted octanol–water partition coefficient (Wildman–Crippen LogP) is 3.26. The number of carbonyl (C=O) groups excluding carboxylic acids is 1. The lowest BCUT2D eigenvalue weighted by molar-refractivity contribution is -0.395. The molecule has 1 amide bonds. The molecule has 0 aliphatic rings. The standard InChI is InChI=1S/C17H13N5O5S/c1-10-14(21(24)25)6-12(7-15(10)22(26)27)16(23)19-8-13-9-28-17(20-13)11-2-4-18-5-3-11/h2-7,9H,8H2,1H3,(H,19,23). The van der Waals surface area contributed by atoms with Gasteiger partial charge < -0.3 is 5.32 Å². The quantitative estimate of drug-likeness (QED) is 0.495. The number of carbonyl (C=O) groups is 1. The summed E-state index contributed by atoms with van der Waals surface area (Å²) in [6, 6.07) is 5.68. The predicted molar refractivity (Wildman–Crippen MR) is 101 cm³/mol. The summed E-state index contributed by atoms with van der Waals surface area (Å²) >= 11 is 1.40. The Morgan fingerprint density at radius 2 is 1.75 bits per heavy atom. The maximum Gasteiger partial charge on any atom is 0.279 e. The average Bonchev–Trinajstić information content (AvgIpc) is 3.15. The third-order valence-corrected chi connectivity index (χ3v) is 4.86. The molecule has 2 heterocycles. The van der Waals surface area contributed by atoms with E-state index in [1.165, 1.54) is 18.3 Å². The maximum absolute atomic E-state index is 12.4. The Balaban J connectivity index is 1.78. The molecule has 1 aromatic carbocycles. The van der Waals surface area contributed by atoms with Crippen molar-refractivity contribution in [3.05, 3.63) is 79.1 Å². The molecule has 0 fully saturated rings. The first-order chi connectivity index (χ1) is 13.4. The minimum absolute atomic E-state index is 0.0793. The molecule has 0 saturated carbocycles. The lowest BCUT2D eigenvalue weighted by Crippen LogP contribution is -2.23. The fourth-order valence-corrected chi connectivity index (χ4v) is 3.31. The fraction of sp³-hybridized carbons (Fsp3) is 0.118. The molecule has 1 N–H and O–H groups in total. The lowest BCUT2D eigenvalue weighted by atomic mass is 10.1. The van der Waals surface area contributed by atoms with Crippen LogP contribution in [0, 0.1) is 27.2 Å². The van der Waals surface area contributed by atoms with Gasteiger partial charge >= 0.3 is 0 Å². The first-order valence-electron chi connectivity index (χ1n) is 7.93. The average molecular weight is 399 g/mol. The van der Waals surface area contributed by atoms with Crippen LogP contribution in [0.3, 0.4) is 0 Å². The first-order valence-corrected chi connectivity index (χ1v) is 8.81. The summed E-state index contributed by atoms with van der Waals surface area (Å²) < 4.78 is 0. The smallest absolute Gasteiger partial charge is 0.279 e. The summed E-state index contributed by atoms with van der Waals surface area (Å²) in [7, 11) is 0. The molecular weight excluding hydrogens is 386 g/mol. The Hall–Kier alpha value is -3.73. The third-order valence-electron chi connectivity index (χ3n) is 3.92. The number of nitro groups is 2. The number of thiazole rings is 1. The molecular formula is C17H13N5O5S. The van der Waals surface area contributed by atoms with Gasteiger partial charge in [0.2, 0.25) is 0 Å². The SMILES string of the molecule is Cc1c([N+](=O)[O-])cc(C(=O)NCc2csc(-c3ccncc3)n2)cc1[N+](=O)[O-]. The van der Waals surface area contributed by atoms with E-state index >= 15 is 0 Å². The number of rotatable bonds is 6. The molecule has 142 valence electrons. The highest BCUT2D eigenvalue weighted by molar-refractivity contribution is 7.13. The Morgan fingerprint density at radius 1 is 1.14 bits per heavy atom. The topological polar surface area (TPSA) is 141 Å². The van der Waals surface area contributed by atoms with Gasteiger partial charge in [-0.2, -0.15) is 0 Å². The van der Waals surface area contributed by atoms with Crippen LogP contribution in [0.4, 0.5) is 11.4 Å². The zero-order chi connectivity index (χ0) is 20.3. The van der Waals surface area contributed by atoms with Crippen LogP contribution >= 0.6 is 11.3 Å². The molecule has 0 atom stereocenters. The van der Waals surface area contributed by atoms with E-state index in [4.69, 9.17) is 0 Å². The number of nitrogens with one attached hydrogen (secondary N) is 1. The molecule has 28 heavy (non-hydrogen) atoms. The van der Waals surface area contributed by atoms with Gasteiger partial charge in [0, 0.05) is 35.5 Å². The molecule has 0 radical (unpaired) electrons. The molecule has 2 aromatic heterocycles. The number of nitro benzene ring substituents is 2. The van der Waals surface area contributed by atoms with Gasteiger partial charge in [0.25, 0.3) is 17.3 Å². The zero-order valence-corrected chi connectivity index (χ0v) is 15.3. The van der Waals surface area contributed by atoms with Crippen molar-refractivity contribution in [3.63, 3.8) is 0 Å². The van der Waals surface area contributed by atoms with Crippen molar-refractivity contribution in [2.45, 2.75) is 13.5 Å². The van der Waals surface area contributed by atoms with E-state index in [1.807, 2.05) is 12.1 Å². The van der Waals surface area contributed by atoms with Gasteiger partial charge in [-0.05, 0) is 19.1 Å². The van der Waals surface area contributed by atoms with Gasteiger partial charge in [0.05, 0.1) is 27.6 Å². The van der Waals surface area contributed by atoms with Crippen molar-refractivity contribution in [2.75, 3.05) is 0 Å². The molecule has 0 spiro atoms. The number of pyridine rings is 1. The van der Waals surface area contributed by atoms with Crippen LogP contribution < -0.4 is 5.32 Å². The van der Waals surface area contributed by atoms with E-state index in [2.05, 4.69) is 15.3 Å². The number of amides is 1. The van der Waals surface area contributed by atoms with Gasteiger partial charge in [-0.3, -0.25) is 30.0 Å². The molecule has 0 bridgehead atoms. The molecule has 0 aliphatic heterocycles. The van der Waals surface area contributed by atoms with Crippen molar-refractivity contribution in [2.24, 2.45) is 0 Å². The Morgan fingerprint density at radius 3 is 2.32 bits per heavy atom. The van der Waals surface area contributed by atoms with Crippen LogP contribution in [-0.4, -0.2) is 25.7 Å². The van der Waals surface area contributed by atoms with E-state index in [-0.39, 0.29) is 17.7 Å². The van der Waals surface area contributed by atoms with Crippen LogP contribution in [0.25, 0.3) is 10.6 Å². The number of hydrogen-bond donors (Lipinski definition) is 1. The summed E-state index contributed by atoms with van der Waals surface area (Å²) in [6.45, 7) is 1.35. The largest absolute Gasteiger partial charge is 0.346 e. The summed E-state index contributed by atoms with van der Waals surface area (Å²) in [4.78, 5) is 41.5. The van der Waals surface area contributed by atoms with Gasteiger partial charge in [-0.15, -0.1) is 11.3 Å². The number of benzene rings is 1. The summed E-state index contributed by atoms with van der Waals surface area (Å²) in [5.41, 5.74) is 0.270. The molecule has 10 nitrogen and oxygen atoms in total. The Kier molecular flexibility index (Phi) is 5.36. The lowest BCUT2D eigenvalue weighted by Gasteiger charge is -2.05. The van der Waals surface area contributed by atoms with Gasteiger partial charge in [-0.1, -0.05) is 0 Å². The highest BCUT2D eigenvalue weighted by atomic mass is 32.1. The van der Waals surface area contributed by atoms with Crippen molar-refractivity contribution in [1.82, 2.24) is 15.3 Å². The summed E-state index contributed by atoms with van der Waals surface area (Å²) in [5.74, 6) is -0.662. The highest BCUT2D eigenvalue weighted by Gasteiger charge is 2.25. The van der Waals surface area contributed by atoms with Gasteiger partial charge in [0.15, 0.2) is 0 Å². The fourth-order valence-electron chi connectivity index (χ4n) is 2.48. The Labute approximate surface area is 162 Å².